The zero-order valence-electron chi connectivity index (χ0n) is 13.2. The fourth-order valence-electron chi connectivity index (χ4n) is 2.06. The molecule has 0 aromatic heterocycles. The topological polar surface area (TPSA) is 67.4 Å². The van der Waals surface area contributed by atoms with E-state index >= 15 is 0 Å². The highest BCUT2D eigenvalue weighted by Gasteiger charge is 2.09. The lowest BCUT2D eigenvalue weighted by molar-refractivity contribution is -0.116. The Morgan fingerprint density at radius 3 is 2.36 bits per heavy atom. The quantitative estimate of drug-likeness (QED) is 0.807. The maximum atomic E-state index is 12.1. The molecule has 2 rings (SSSR count). The van der Waals surface area contributed by atoms with E-state index < -0.39 is 6.61 Å². The number of amides is 2. The minimum atomic E-state index is -2.89. The molecule has 0 heterocycles. The molecule has 0 aliphatic rings. The molecular formula is C17H15ClF2N2O3. The zero-order chi connectivity index (χ0) is 18.4. The van der Waals surface area contributed by atoms with Crippen molar-refractivity contribution in [2.24, 2.45) is 0 Å². The molecule has 0 aliphatic carbocycles. The van der Waals surface area contributed by atoms with Gasteiger partial charge in [-0.25, -0.2) is 0 Å². The van der Waals surface area contributed by atoms with E-state index in [9.17, 15) is 18.4 Å². The molecule has 132 valence electrons. The first kappa shape index (κ1) is 18.7. The predicted molar refractivity (Wildman–Crippen MR) is 91.2 cm³/mol. The van der Waals surface area contributed by atoms with E-state index in [0.717, 1.165) is 0 Å². The molecule has 0 atom stereocenters. The van der Waals surface area contributed by atoms with Gasteiger partial charge in [0.2, 0.25) is 11.8 Å². The van der Waals surface area contributed by atoms with Crippen LogP contribution in [-0.4, -0.2) is 18.4 Å². The smallest absolute Gasteiger partial charge is 0.387 e. The van der Waals surface area contributed by atoms with Crippen LogP contribution in [0.25, 0.3) is 0 Å². The number of ether oxygens (including phenoxy) is 1. The minimum Gasteiger partial charge on any atom is -0.435 e. The Labute approximate surface area is 147 Å². The number of hydrogen-bond donors (Lipinski definition) is 2. The lowest BCUT2D eigenvalue weighted by Gasteiger charge is -2.09. The maximum absolute atomic E-state index is 12.1. The Morgan fingerprint density at radius 1 is 1.12 bits per heavy atom. The number of benzene rings is 2. The summed E-state index contributed by atoms with van der Waals surface area (Å²) in [5.74, 6) is -0.525. The van der Waals surface area contributed by atoms with E-state index in [0.29, 0.717) is 22.0 Å². The Morgan fingerprint density at radius 2 is 1.80 bits per heavy atom. The van der Waals surface area contributed by atoms with Gasteiger partial charge in [0.1, 0.15) is 5.75 Å². The summed E-state index contributed by atoms with van der Waals surface area (Å²) in [5, 5.41) is 5.53. The van der Waals surface area contributed by atoms with Crippen molar-refractivity contribution in [3.63, 3.8) is 0 Å². The molecule has 0 saturated carbocycles. The van der Waals surface area contributed by atoms with E-state index in [1.165, 1.54) is 37.3 Å². The van der Waals surface area contributed by atoms with Crippen molar-refractivity contribution in [3.05, 3.63) is 53.1 Å². The summed E-state index contributed by atoms with van der Waals surface area (Å²) in [6, 6.07) is 10.5. The van der Waals surface area contributed by atoms with Crippen LogP contribution in [-0.2, 0) is 16.0 Å². The molecule has 2 amide bonds. The second kappa shape index (κ2) is 8.43. The molecule has 0 saturated heterocycles. The highest BCUT2D eigenvalue weighted by atomic mass is 35.5. The number of rotatable bonds is 6. The molecule has 0 spiro atoms. The van der Waals surface area contributed by atoms with Gasteiger partial charge in [0.05, 0.1) is 17.1 Å². The summed E-state index contributed by atoms with van der Waals surface area (Å²) in [4.78, 5) is 23.1. The fourth-order valence-corrected chi connectivity index (χ4v) is 2.29. The first-order valence-electron chi connectivity index (χ1n) is 7.24. The summed E-state index contributed by atoms with van der Waals surface area (Å²) in [7, 11) is 0. The Hall–Kier alpha value is -2.67. The minimum absolute atomic E-state index is 0.0273. The van der Waals surface area contributed by atoms with E-state index in [1.807, 2.05) is 0 Å². The summed E-state index contributed by atoms with van der Waals surface area (Å²) >= 11 is 6.03. The van der Waals surface area contributed by atoms with Crippen molar-refractivity contribution in [2.45, 2.75) is 20.0 Å². The maximum Gasteiger partial charge on any atom is 0.387 e. The van der Waals surface area contributed by atoms with Crippen molar-refractivity contribution in [1.29, 1.82) is 0 Å². The van der Waals surface area contributed by atoms with Crippen molar-refractivity contribution in [3.8, 4) is 5.75 Å². The molecule has 0 radical (unpaired) electrons. The summed E-state index contributed by atoms with van der Waals surface area (Å²) in [6.45, 7) is -1.52. The summed E-state index contributed by atoms with van der Waals surface area (Å²) in [5.41, 5.74) is 1.56. The number of hydrogen-bond acceptors (Lipinski definition) is 3. The molecule has 2 aromatic rings. The highest BCUT2D eigenvalue weighted by molar-refractivity contribution is 6.34. The van der Waals surface area contributed by atoms with Gasteiger partial charge in [0, 0.05) is 12.6 Å². The van der Waals surface area contributed by atoms with Crippen LogP contribution in [0, 0.1) is 0 Å². The molecule has 0 aliphatic heterocycles. The molecule has 2 N–H and O–H groups in total. The number of halogens is 3. The van der Waals surface area contributed by atoms with E-state index in [2.05, 4.69) is 15.4 Å². The number of carbonyl (C=O) groups excluding carboxylic acids is 2. The van der Waals surface area contributed by atoms with Crippen LogP contribution in [0.15, 0.2) is 42.5 Å². The Kier molecular flexibility index (Phi) is 6.30. The van der Waals surface area contributed by atoms with Crippen molar-refractivity contribution < 1.29 is 23.1 Å². The zero-order valence-corrected chi connectivity index (χ0v) is 13.9. The average molecular weight is 369 g/mol. The van der Waals surface area contributed by atoms with Gasteiger partial charge in [0.15, 0.2) is 0 Å². The van der Waals surface area contributed by atoms with Crippen LogP contribution in [0.5, 0.6) is 5.75 Å². The largest absolute Gasteiger partial charge is 0.435 e. The van der Waals surface area contributed by atoms with Gasteiger partial charge in [-0.15, -0.1) is 0 Å². The first-order chi connectivity index (χ1) is 11.8. The van der Waals surface area contributed by atoms with Crippen LogP contribution in [0.4, 0.5) is 20.2 Å². The van der Waals surface area contributed by atoms with Gasteiger partial charge in [-0.05, 0) is 35.9 Å². The predicted octanol–water partition coefficient (Wildman–Crippen LogP) is 4.08. The molecular weight excluding hydrogens is 354 g/mol. The van der Waals surface area contributed by atoms with Crippen molar-refractivity contribution in [2.75, 3.05) is 10.6 Å². The van der Waals surface area contributed by atoms with Crippen LogP contribution in [0.2, 0.25) is 5.02 Å². The van der Waals surface area contributed by atoms with Crippen LogP contribution in [0.3, 0.4) is 0 Å². The SMILES string of the molecule is CC(=O)Nc1ccc(NC(=O)Cc2ccc(OC(F)F)cc2)cc1Cl. The van der Waals surface area contributed by atoms with Gasteiger partial charge in [-0.1, -0.05) is 23.7 Å². The summed E-state index contributed by atoms with van der Waals surface area (Å²) < 4.78 is 28.4. The van der Waals surface area contributed by atoms with Gasteiger partial charge in [-0.2, -0.15) is 8.78 Å². The third-order valence-corrected chi connectivity index (χ3v) is 3.39. The van der Waals surface area contributed by atoms with E-state index in [1.54, 1.807) is 12.1 Å². The average Bonchev–Trinajstić information content (AvgIpc) is 2.51. The second-order valence-electron chi connectivity index (χ2n) is 5.12. The molecule has 2 aromatic carbocycles. The number of carbonyl (C=O) groups is 2. The fraction of sp³-hybridized carbons (Fsp3) is 0.176. The molecule has 0 fully saturated rings. The number of alkyl halides is 2. The van der Waals surface area contributed by atoms with E-state index in [4.69, 9.17) is 11.6 Å². The van der Waals surface area contributed by atoms with E-state index in [-0.39, 0.29) is 24.0 Å². The molecule has 25 heavy (non-hydrogen) atoms. The van der Waals surface area contributed by atoms with Crippen LogP contribution < -0.4 is 15.4 Å². The third kappa shape index (κ3) is 6.04. The Balaban J connectivity index is 1.95. The highest BCUT2D eigenvalue weighted by Crippen LogP contribution is 2.25. The second-order valence-corrected chi connectivity index (χ2v) is 5.53. The summed E-state index contributed by atoms with van der Waals surface area (Å²) in [6.07, 6.45) is 0.0556. The molecule has 0 unspecified atom stereocenters. The third-order valence-electron chi connectivity index (χ3n) is 3.08. The number of nitrogens with one attached hydrogen (secondary N) is 2. The lowest BCUT2D eigenvalue weighted by Crippen LogP contribution is -2.14. The monoisotopic (exact) mass is 368 g/mol. The molecule has 5 nitrogen and oxygen atoms in total. The number of anilines is 2. The van der Waals surface area contributed by atoms with Crippen LogP contribution >= 0.6 is 11.6 Å². The van der Waals surface area contributed by atoms with Gasteiger partial charge < -0.3 is 15.4 Å². The molecule has 8 heteroatoms. The molecule has 0 bridgehead atoms. The lowest BCUT2D eigenvalue weighted by atomic mass is 10.1. The Bertz CT molecular complexity index is 767. The first-order valence-corrected chi connectivity index (χ1v) is 7.62. The standard InChI is InChI=1S/C17H15ClF2N2O3/c1-10(23)21-15-7-4-12(9-14(15)18)22-16(24)8-11-2-5-13(6-3-11)25-17(19)20/h2-7,9,17H,8H2,1H3,(H,21,23)(H,22,24). The normalized spacial score (nSPS) is 10.4. The van der Waals surface area contributed by atoms with Gasteiger partial charge >= 0.3 is 6.61 Å². The van der Waals surface area contributed by atoms with Crippen molar-refractivity contribution >= 4 is 34.8 Å². The van der Waals surface area contributed by atoms with Crippen molar-refractivity contribution in [1.82, 2.24) is 0 Å². The van der Waals surface area contributed by atoms with Crippen LogP contribution in [0.1, 0.15) is 12.5 Å². The van der Waals surface area contributed by atoms with Gasteiger partial charge in [0.25, 0.3) is 0 Å². The van der Waals surface area contributed by atoms with Gasteiger partial charge in [-0.3, -0.25) is 9.59 Å².